The van der Waals surface area contributed by atoms with Crippen molar-refractivity contribution in [1.29, 1.82) is 0 Å². The van der Waals surface area contributed by atoms with Crippen molar-refractivity contribution in [1.82, 2.24) is 4.98 Å². The van der Waals surface area contributed by atoms with Gasteiger partial charge in [-0.2, -0.15) is 0 Å². The summed E-state index contributed by atoms with van der Waals surface area (Å²) in [7, 11) is -0.851. The molecule has 6 heteroatoms. The molecule has 1 aromatic heterocycles. The van der Waals surface area contributed by atoms with Crippen LogP contribution in [0.1, 0.15) is 12.5 Å². The minimum Gasteiger partial charge on any atom is -0.389 e. The zero-order valence-electron chi connectivity index (χ0n) is 11.4. The molecule has 1 aromatic carbocycles. The molecule has 2 atom stereocenters. The van der Waals surface area contributed by atoms with E-state index in [-0.39, 0.29) is 6.04 Å². The molecule has 2 aromatic rings. The summed E-state index contributed by atoms with van der Waals surface area (Å²) < 4.78 is 11.2. The Morgan fingerprint density at radius 3 is 2.85 bits per heavy atom. The van der Waals surface area contributed by atoms with Crippen LogP contribution in [0, 0.1) is 0 Å². The lowest BCUT2D eigenvalue weighted by Gasteiger charge is -2.15. The molecule has 0 fully saturated rings. The number of rotatable bonds is 5. The lowest BCUT2D eigenvalue weighted by molar-refractivity contribution is 0.683. The Bertz CT molecular complexity index is 673. The Labute approximate surface area is 126 Å². The molecule has 0 saturated carbocycles. The van der Waals surface area contributed by atoms with Gasteiger partial charge in [0.1, 0.15) is 10.8 Å². The minimum absolute atomic E-state index is 0.0636. The van der Waals surface area contributed by atoms with Crippen LogP contribution in [0.2, 0.25) is 0 Å². The number of pyridine rings is 1. The molecule has 2 unspecified atom stereocenters. The molecule has 0 bridgehead atoms. The predicted octanol–water partition coefficient (Wildman–Crippen LogP) is 2.05. The Kier molecular flexibility index (Phi) is 4.67. The van der Waals surface area contributed by atoms with E-state index in [1.54, 1.807) is 6.26 Å². The topological polar surface area (TPSA) is 68.0 Å². The summed E-state index contributed by atoms with van der Waals surface area (Å²) in [6.07, 6.45) is 1.69. The molecule has 1 heterocycles. The fraction of sp³-hybridized carbons (Fsp3) is 0.286. The van der Waals surface area contributed by atoms with Gasteiger partial charge in [-0.1, -0.05) is 30.4 Å². The number of hydrogen-bond acceptors (Lipinski definition) is 4. The van der Waals surface area contributed by atoms with E-state index >= 15 is 0 Å². The average molecular weight is 307 g/mol. The maximum absolute atomic E-state index is 11.2. The molecule has 4 nitrogen and oxygen atoms in total. The fourth-order valence-corrected chi connectivity index (χ4v) is 3.06. The lowest BCUT2D eigenvalue weighted by Crippen LogP contribution is -2.23. The number of nitrogens with two attached hydrogens (primary N) is 1. The number of fused-ring (bicyclic) bond motifs is 1. The van der Waals surface area contributed by atoms with Crippen LogP contribution in [0.4, 0.5) is 5.82 Å². The first-order chi connectivity index (χ1) is 9.47. The molecular formula is C14H17N3OS2. The van der Waals surface area contributed by atoms with Crippen LogP contribution in [0.25, 0.3) is 10.9 Å². The second-order valence-corrected chi connectivity index (χ2v) is 6.64. The van der Waals surface area contributed by atoms with Crippen molar-refractivity contribution in [2.45, 2.75) is 13.0 Å². The Hall–Kier alpha value is -1.53. The number of nitrogens with zero attached hydrogens (tertiary/aromatic N) is 1. The van der Waals surface area contributed by atoms with Gasteiger partial charge in [0.05, 0.1) is 5.52 Å². The van der Waals surface area contributed by atoms with Crippen LogP contribution < -0.4 is 11.1 Å². The molecule has 3 N–H and O–H groups in total. The number of benzene rings is 1. The summed E-state index contributed by atoms with van der Waals surface area (Å²) in [5.41, 5.74) is 7.43. The highest BCUT2D eigenvalue weighted by Gasteiger charge is 2.10. The highest BCUT2D eigenvalue weighted by molar-refractivity contribution is 7.84. The van der Waals surface area contributed by atoms with Crippen molar-refractivity contribution in [3.05, 3.63) is 35.9 Å². The third kappa shape index (κ3) is 3.52. The van der Waals surface area contributed by atoms with E-state index in [2.05, 4.69) is 10.3 Å². The quantitative estimate of drug-likeness (QED) is 0.828. The molecule has 20 heavy (non-hydrogen) atoms. The summed E-state index contributed by atoms with van der Waals surface area (Å²) in [4.78, 5) is 4.89. The highest BCUT2D eigenvalue weighted by atomic mass is 32.2. The van der Waals surface area contributed by atoms with Crippen molar-refractivity contribution in [2.75, 3.05) is 17.3 Å². The summed E-state index contributed by atoms with van der Waals surface area (Å²) >= 11 is 5.11. The highest BCUT2D eigenvalue weighted by Crippen LogP contribution is 2.21. The van der Waals surface area contributed by atoms with E-state index in [4.69, 9.17) is 18.0 Å². The van der Waals surface area contributed by atoms with Crippen LogP contribution in [-0.2, 0) is 10.8 Å². The van der Waals surface area contributed by atoms with E-state index in [0.29, 0.717) is 16.6 Å². The van der Waals surface area contributed by atoms with Gasteiger partial charge in [0.2, 0.25) is 0 Å². The van der Waals surface area contributed by atoms with Gasteiger partial charge < -0.3 is 11.1 Å². The molecule has 0 aliphatic heterocycles. The van der Waals surface area contributed by atoms with Gasteiger partial charge >= 0.3 is 0 Å². The van der Waals surface area contributed by atoms with E-state index in [0.717, 1.165) is 16.5 Å². The summed E-state index contributed by atoms with van der Waals surface area (Å²) in [6.45, 7) is 1.97. The summed E-state index contributed by atoms with van der Waals surface area (Å²) in [5, 5.41) is 4.18. The number of nitrogens with one attached hydrogen (secondary N) is 1. The SMILES string of the molecule is CC(CS(C)=O)Nc1cc(C(N)=S)c2ccccc2n1. The Balaban J connectivity index is 2.40. The second-order valence-electron chi connectivity index (χ2n) is 4.72. The molecule has 2 rings (SSSR count). The van der Waals surface area contributed by atoms with Gasteiger partial charge in [-0.15, -0.1) is 0 Å². The standard InChI is InChI=1S/C14H17N3OS2/c1-9(8-20(2)18)16-13-7-11(14(15)19)10-5-3-4-6-12(10)17-13/h3-7,9H,8H2,1-2H3,(H2,15,19)(H,16,17). The summed E-state index contributed by atoms with van der Waals surface area (Å²) in [5.74, 6) is 1.26. The molecule has 0 radical (unpaired) electrons. The van der Waals surface area contributed by atoms with Gasteiger partial charge in [-0.05, 0) is 19.1 Å². The number of hydrogen-bond donors (Lipinski definition) is 2. The number of thiocarbonyl (C=S) groups is 1. The molecule has 106 valence electrons. The third-order valence-corrected chi connectivity index (χ3v) is 4.05. The van der Waals surface area contributed by atoms with Gasteiger partial charge in [-0.3, -0.25) is 4.21 Å². The maximum atomic E-state index is 11.2. The normalized spacial score (nSPS) is 13.9. The molecule has 0 aliphatic rings. The zero-order chi connectivity index (χ0) is 14.7. The smallest absolute Gasteiger partial charge is 0.127 e. The Morgan fingerprint density at radius 1 is 1.50 bits per heavy atom. The summed E-state index contributed by atoms with van der Waals surface area (Å²) in [6, 6.07) is 9.64. The molecule has 0 amide bonds. The molecular weight excluding hydrogens is 290 g/mol. The van der Waals surface area contributed by atoms with Crippen molar-refractivity contribution in [3.8, 4) is 0 Å². The first kappa shape index (κ1) is 14.9. The largest absolute Gasteiger partial charge is 0.389 e. The average Bonchev–Trinajstić information content (AvgIpc) is 2.36. The van der Waals surface area contributed by atoms with E-state index in [9.17, 15) is 4.21 Å². The van der Waals surface area contributed by atoms with Crippen molar-refractivity contribution in [3.63, 3.8) is 0 Å². The number of aromatic nitrogens is 1. The van der Waals surface area contributed by atoms with Crippen molar-refractivity contribution >= 4 is 44.7 Å². The maximum Gasteiger partial charge on any atom is 0.127 e. The number of anilines is 1. The van der Waals surface area contributed by atoms with E-state index < -0.39 is 10.8 Å². The van der Waals surface area contributed by atoms with E-state index in [1.807, 2.05) is 37.3 Å². The third-order valence-electron chi connectivity index (χ3n) is 2.86. The molecule has 0 saturated heterocycles. The Morgan fingerprint density at radius 2 is 2.20 bits per heavy atom. The first-order valence-electron chi connectivity index (χ1n) is 6.23. The number of para-hydroxylation sites is 1. The van der Waals surface area contributed by atoms with Gasteiger partial charge in [0.25, 0.3) is 0 Å². The molecule has 0 spiro atoms. The molecule has 0 aliphatic carbocycles. The van der Waals surface area contributed by atoms with Gasteiger partial charge in [-0.25, -0.2) is 4.98 Å². The van der Waals surface area contributed by atoms with Crippen LogP contribution in [0.15, 0.2) is 30.3 Å². The van der Waals surface area contributed by atoms with E-state index in [1.165, 1.54) is 0 Å². The predicted molar refractivity (Wildman–Crippen MR) is 89.6 cm³/mol. The van der Waals surface area contributed by atoms with Gasteiger partial charge in [0, 0.05) is 39.8 Å². The van der Waals surface area contributed by atoms with Crippen molar-refractivity contribution in [2.24, 2.45) is 5.73 Å². The zero-order valence-corrected chi connectivity index (χ0v) is 13.1. The van der Waals surface area contributed by atoms with Crippen LogP contribution >= 0.6 is 12.2 Å². The van der Waals surface area contributed by atoms with Gasteiger partial charge in [0.15, 0.2) is 0 Å². The van der Waals surface area contributed by atoms with Crippen LogP contribution in [0.5, 0.6) is 0 Å². The second kappa shape index (κ2) is 6.28. The van der Waals surface area contributed by atoms with Crippen LogP contribution in [-0.4, -0.2) is 32.2 Å². The van der Waals surface area contributed by atoms with Crippen LogP contribution in [0.3, 0.4) is 0 Å². The minimum atomic E-state index is -0.851. The lowest BCUT2D eigenvalue weighted by atomic mass is 10.1. The first-order valence-corrected chi connectivity index (χ1v) is 8.37. The van der Waals surface area contributed by atoms with Crippen molar-refractivity contribution < 1.29 is 4.21 Å². The monoisotopic (exact) mass is 307 g/mol. The fourth-order valence-electron chi connectivity index (χ4n) is 2.10.